The van der Waals surface area contributed by atoms with Gasteiger partial charge in [0.15, 0.2) is 5.96 Å². The number of aliphatic imine (C=N–C) groups is 1. The van der Waals surface area contributed by atoms with Gasteiger partial charge in [-0.1, -0.05) is 40.2 Å². The molecule has 26 heavy (non-hydrogen) atoms. The van der Waals surface area contributed by atoms with Gasteiger partial charge in [0.1, 0.15) is 12.3 Å². The second-order valence-corrected chi connectivity index (χ2v) is 7.00. The van der Waals surface area contributed by atoms with E-state index in [1.807, 2.05) is 49.4 Å². The van der Waals surface area contributed by atoms with Crippen LogP contribution in [0.15, 0.2) is 51.9 Å². The Hall–Kier alpha value is -2.54. The molecule has 0 saturated carbocycles. The fraction of sp³-hybridized carbons (Fsp3) is 0.263. The molecule has 0 bridgehead atoms. The van der Waals surface area contributed by atoms with Crippen molar-refractivity contribution in [2.45, 2.75) is 19.4 Å². The van der Waals surface area contributed by atoms with Crippen LogP contribution in [-0.4, -0.2) is 25.0 Å². The molecule has 7 heteroatoms. The number of halogens is 1. The maximum atomic E-state index is 12.1. The Bertz CT molecular complexity index is 838. The van der Waals surface area contributed by atoms with Crippen molar-refractivity contribution >= 4 is 33.5 Å². The highest BCUT2D eigenvalue weighted by molar-refractivity contribution is 9.10. The molecule has 6 nitrogen and oxygen atoms in total. The van der Waals surface area contributed by atoms with E-state index in [0.29, 0.717) is 6.61 Å². The van der Waals surface area contributed by atoms with E-state index in [0.717, 1.165) is 33.5 Å². The van der Waals surface area contributed by atoms with Crippen molar-refractivity contribution in [3.8, 4) is 5.75 Å². The van der Waals surface area contributed by atoms with Crippen LogP contribution >= 0.6 is 15.9 Å². The van der Waals surface area contributed by atoms with Crippen molar-refractivity contribution in [1.29, 1.82) is 0 Å². The van der Waals surface area contributed by atoms with E-state index in [2.05, 4.69) is 31.6 Å². The molecule has 0 fully saturated rings. The minimum absolute atomic E-state index is 0.0269. The van der Waals surface area contributed by atoms with Crippen LogP contribution in [0.1, 0.15) is 23.6 Å². The molecule has 1 heterocycles. The highest BCUT2D eigenvalue weighted by Crippen LogP contribution is 2.31. The molecule has 1 atom stereocenters. The number of aryl methyl sites for hydroxylation is 1. The van der Waals surface area contributed by atoms with Gasteiger partial charge >= 0.3 is 0 Å². The first-order valence-corrected chi connectivity index (χ1v) is 9.16. The average molecular weight is 417 g/mol. The minimum atomic E-state index is -0.219. The van der Waals surface area contributed by atoms with Crippen LogP contribution in [0.3, 0.4) is 0 Å². The summed E-state index contributed by atoms with van der Waals surface area (Å²) >= 11 is 3.40. The van der Waals surface area contributed by atoms with Crippen LogP contribution in [0.25, 0.3) is 0 Å². The number of benzene rings is 2. The Morgan fingerprint density at radius 3 is 3.00 bits per heavy atom. The Kier molecular flexibility index (Phi) is 5.78. The number of nitrogens with two attached hydrogens (primary N) is 1. The number of rotatable bonds is 4. The van der Waals surface area contributed by atoms with E-state index in [4.69, 9.17) is 10.5 Å². The summed E-state index contributed by atoms with van der Waals surface area (Å²) in [5.41, 5.74) is 8.75. The predicted octanol–water partition coefficient (Wildman–Crippen LogP) is 3.12. The molecule has 1 unspecified atom stereocenters. The third kappa shape index (κ3) is 4.54. The standard InChI is InChI=1S/C19H21BrN4O2/c1-12-6-7-13(20)10-16(12)23-18(25)11-22-19(21)24-15-8-9-26-17-5-3-2-4-14(15)17/h2-7,10,15H,8-9,11H2,1H3,(H,23,25)(H3,21,22,24). The summed E-state index contributed by atoms with van der Waals surface area (Å²) in [6.07, 6.45) is 0.788. The lowest BCUT2D eigenvalue weighted by atomic mass is 10.0. The molecule has 0 radical (unpaired) electrons. The average Bonchev–Trinajstić information content (AvgIpc) is 2.63. The van der Waals surface area contributed by atoms with Gasteiger partial charge in [0.25, 0.3) is 0 Å². The monoisotopic (exact) mass is 416 g/mol. The van der Waals surface area contributed by atoms with Crippen molar-refractivity contribution in [3.63, 3.8) is 0 Å². The molecular weight excluding hydrogens is 396 g/mol. The lowest BCUT2D eigenvalue weighted by Gasteiger charge is -2.26. The van der Waals surface area contributed by atoms with Gasteiger partial charge in [-0.25, -0.2) is 4.99 Å². The predicted molar refractivity (Wildman–Crippen MR) is 106 cm³/mol. The van der Waals surface area contributed by atoms with E-state index < -0.39 is 0 Å². The van der Waals surface area contributed by atoms with Gasteiger partial charge in [0.05, 0.1) is 12.6 Å². The van der Waals surface area contributed by atoms with E-state index >= 15 is 0 Å². The van der Waals surface area contributed by atoms with Gasteiger partial charge < -0.3 is 21.1 Å². The van der Waals surface area contributed by atoms with Crippen LogP contribution in [0.4, 0.5) is 5.69 Å². The van der Waals surface area contributed by atoms with Gasteiger partial charge in [-0.2, -0.15) is 0 Å². The molecule has 4 N–H and O–H groups in total. The summed E-state index contributed by atoms with van der Waals surface area (Å²) in [5, 5.41) is 6.02. The van der Waals surface area contributed by atoms with E-state index in [9.17, 15) is 4.79 Å². The van der Waals surface area contributed by atoms with Crippen LogP contribution in [0.2, 0.25) is 0 Å². The molecule has 0 saturated heterocycles. The highest BCUT2D eigenvalue weighted by atomic mass is 79.9. The molecule has 0 aromatic heterocycles. The Balaban J connectivity index is 1.59. The van der Waals surface area contributed by atoms with Crippen LogP contribution in [0.5, 0.6) is 5.75 Å². The van der Waals surface area contributed by atoms with Gasteiger partial charge in [0.2, 0.25) is 5.91 Å². The molecule has 3 rings (SSSR count). The van der Waals surface area contributed by atoms with Gasteiger partial charge in [-0.05, 0) is 30.7 Å². The van der Waals surface area contributed by atoms with Crippen molar-refractivity contribution in [1.82, 2.24) is 5.32 Å². The van der Waals surface area contributed by atoms with Gasteiger partial charge in [0, 0.05) is 22.1 Å². The number of fused-ring (bicyclic) bond motifs is 1. The van der Waals surface area contributed by atoms with Gasteiger partial charge in [-0.3, -0.25) is 4.79 Å². The number of carbonyl (C=O) groups excluding carboxylic acids is 1. The Morgan fingerprint density at radius 1 is 1.35 bits per heavy atom. The quantitative estimate of drug-likeness (QED) is 0.527. The SMILES string of the molecule is Cc1ccc(Br)cc1NC(=O)CN=C(N)NC1CCOc2ccccc21. The number of carbonyl (C=O) groups is 1. The first kappa shape index (κ1) is 18.3. The molecule has 0 aliphatic carbocycles. The third-order valence-corrected chi connectivity index (χ3v) is 4.64. The maximum absolute atomic E-state index is 12.1. The van der Waals surface area contributed by atoms with E-state index in [-0.39, 0.29) is 24.5 Å². The van der Waals surface area contributed by atoms with E-state index in [1.54, 1.807) is 0 Å². The Morgan fingerprint density at radius 2 is 2.15 bits per heavy atom. The van der Waals surface area contributed by atoms with Crippen molar-refractivity contribution in [3.05, 3.63) is 58.1 Å². The molecule has 1 aliphatic rings. The normalized spacial score (nSPS) is 16.4. The maximum Gasteiger partial charge on any atom is 0.246 e. The first-order valence-electron chi connectivity index (χ1n) is 8.37. The van der Waals surface area contributed by atoms with E-state index in [1.165, 1.54) is 0 Å². The second-order valence-electron chi connectivity index (χ2n) is 6.08. The van der Waals surface area contributed by atoms with Crippen LogP contribution in [-0.2, 0) is 4.79 Å². The number of para-hydroxylation sites is 1. The third-order valence-electron chi connectivity index (χ3n) is 4.15. The number of nitrogens with one attached hydrogen (secondary N) is 2. The summed E-state index contributed by atoms with van der Waals surface area (Å²) in [4.78, 5) is 16.3. The van der Waals surface area contributed by atoms with Gasteiger partial charge in [-0.15, -0.1) is 0 Å². The number of guanidine groups is 1. The molecule has 2 aromatic rings. The topological polar surface area (TPSA) is 88.7 Å². The fourth-order valence-electron chi connectivity index (χ4n) is 2.79. The lowest BCUT2D eigenvalue weighted by Crippen LogP contribution is -2.38. The second kappa shape index (κ2) is 8.23. The van der Waals surface area contributed by atoms with Crippen LogP contribution < -0.4 is 21.1 Å². The number of ether oxygens (including phenoxy) is 1. The van der Waals surface area contributed by atoms with Crippen molar-refractivity contribution < 1.29 is 9.53 Å². The number of anilines is 1. The molecule has 1 amide bonds. The number of nitrogens with zero attached hydrogens (tertiary/aromatic N) is 1. The number of amides is 1. The summed E-state index contributed by atoms with van der Waals surface area (Å²) in [5.74, 6) is 0.878. The fourth-order valence-corrected chi connectivity index (χ4v) is 3.15. The summed E-state index contributed by atoms with van der Waals surface area (Å²) in [7, 11) is 0. The molecular formula is C19H21BrN4O2. The highest BCUT2D eigenvalue weighted by Gasteiger charge is 2.21. The zero-order valence-corrected chi connectivity index (χ0v) is 16.0. The smallest absolute Gasteiger partial charge is 0.246 e. The zero-order valence-electron chi connectivity index (χ0n) is 14.5. The number of hydrogen-bond donors (Lipinski definition) is 3. The zero-order chi connectivity index (χ0) is 18.5. The molecule has 136 valence electrons. The van der Waals surface area contributed by atoms with Crippen LogP contribution in [0, 0.1) is 6.92 Å². The minimum Gasteiger partial charge on any atom is -0.493 e. The summed E-state index contributed by atoms with van der Waals surface area (Å²) in [6, 6.07) is 13.6. The molecule has 0 spiro atoms. The largest absolute Gasteiger partial charge is 0.493 e. The number of hydrogen-bond acceptors (Lipinski definition) is 3. The summed E-state index contributed by atoms with van der Waals surface area (Å²) < 4.78 is 6.54. The first-order chi connectivity index (χ1) is 12.5. The van der Waals surface area contributed by atoms with Crippen molar-refractivity contribution in [2.24, 2.45) is 10.7 Å². The molecule has 2 aromatic carbocycles. The Labute approximate surface area is 161 Å². The lowest BCUT2D eigenvalue weighted by molar-refractivity contribution is -0.114. The molecule has 1 aliphatic heterocycles. The summed E-state index contributed by atoms with van der Waals surface area (Å²) in [6.45, 7) is 2.50. The van der Waals surface area contributed by atoms with Crippen molar-refractivity contribution in [2.75, 3.05) is 18.5 Å².